The van der Waals surface area contributed by atoms with Crippen LogP contribution in [-0.4, -0.2) is 48.1 Å². The lowest BCUT2D eigenvalue weighted by Crippen LogP contribution is -2.24. The topological polar surface area (TPSA) is 84.4 Å². The Labute approximate surface area is 175 Å². The maximum absolute atomic E-state index is 12.4. The van der Waals surface area contributed by atoms with Crippen LogP contribution in [-0.2, 0) is 11.2 Å². The minimum Gasteiger partial charge on any atom is -0.461 e. The van der Waals surface area contributed by atoms with Gasteiger partial charge in [0.25, 0.3) is 5.91 Å². The first-order chi connectivity index (χ1) is 13.5. The first-order valence-corrected chi connectivity index (χ1v) is 11.6. The molecule has 0 aromatic carbocycles. The van der Waals surface area contributed by atoms with Crippen molar-refractivity contribution in [1.82, 2.24) is 15.3 Å². The number of rotatable bonds is 9. The summed E-state index contributed by atoms with van der Waals surface area (Å²) in [6.07, 6.45) is 0.569. The number of hydrogen-bond acceptors (Lipinski definition) is 9. The van der Waals surface area contributed by atoms with Crippen molar-refractivity contribution < 1.29 is 14.3 Å². The molecule has 1 amide bonds. The molecule has 0 aliphatic heterocycles. The number of carbonyl (C=O) groups excluding carboxylic acids is 2. The van der Waals surface area contributed by atoms with Crippen LogP contribution in [0.3, 0.4) is 0 Å². The van der Waals surface area contributed by atoms with Crippen molar-refractivity contribution in [2.45, 2.75) is 27.2 Å². The van der Waals surface area contributed by atoms with Crippen LogP contribution in [0.1, 0.15) is 45.9 Å². The van der Waals surface area contributed by atoms with Gasteiger partial charge in [0, 0.05) is 31.4 Å². The van der Waals surface area contributed by atoms with E-state index in [9.17, 15) is 9.59 Å². The zero-order valence-corrected chi connectivity index (χ0v) is 18.4. The van der Waals surface area contributed by atoms with E-state index in [1.165, 1.54) is 22.7 Å². The van der Waals surface area contributed by atoms with E-state index in [4.69, 9.17) is 4.74 Å². The van der Waals surface area contributed by atoms with Gasteiger partial charge in [-0.1, -0.05) is 11.3 Å². The quantitative estimate of drug-likeness (QED) is 0.512. The van der Waals surface area contributed by atoms with Crippen molar-refractivity contribution in [3.63, 3.8) is 0 Å². The van der Waals surface area contributed by atoms with E-state index < -0.39 is 5.97 Å². The molecule has 150 valence electrons. The highest BCUT2D eigenvalue weighted by Gasteiger charge is 2.16. The Morgan fingerprint density at radius 3 is 2.64 bits per heavy atom. The number of fused-ring (bicyclic) bond motifs is 1. The number of amides is 1. The lowest BCUT2D eigenvalue weighted by Gasteiger charge is -2.16. The molecule has 3 heterocycles. The lowest BCUT2D eigenvalue weighted by molar-refractivity contribution is 0.0520. The molecule has 0 saturated heterocycles. The molecule has 0 atom stereocenters. The number of thiophene rings is 1. The molecule has 3 aromatic rings. The van der Waals surface area contributed by atoms with Crippen molar-refractivity contribution in [1.29, 1.82) is 0 Å². The molecule has 10 heteroatoms. The lowest BCUT2D eigenvalue weighted by atomic mass is 10.4. The van der Waals surface area contributed by atoms with Crippen LogP contribution >= 0.6 is 34.0 Å². The molecule has 0 aliphatic carbocycles. The van der Waals surface area contributed by atoms with Crippen LogP contribution in [0.4, 0.5) is 5.13 Å². The van der Waals surface area contributed by atoms with Crippen LogP contribution in [0.2, 0.25) is 0 Å². The predicted octanol–water partition coefficient (Wildman–Crippen LogP) is 3.81. The molecular weight excluding hydrogens is 416 g/mol. The Kier molecular flexibility index (Phi) is 6.97. The minimum atomic E-state index is -0.413. The molecule has 0 radical (unpaired) electrons. The monoisotopic (exact) mass is 438 g/mol. The van der Waals surface area contributed by atoms with Crippen molar-refractivity contribution in [2.24, 2.45) is 0 Å². The summed E-state index contributed by atoms with van der Waals surface area (Å²) in [5.41, 5.74) is 0.321. The van der Waals surface area contributed by atoms with Gasteiger partial charge in [0.1, 0.15) is 4.83 Å². The summed E-state index contributed by atoms with van der Waals surface area (Å²) in [6, 6.07) is 1.91. The molecule has 0 bridgehead atoms. The molecule has 0 fully saturated rings. The fourth-order valence-electron chi connectivity index (χ4n) is 2.56. The molecule has 3 aromatic heterocycles. The van der Waals surface area contributed by atoms with Gasteiger partial charge in [-0.25, -0.2) is 14.8 Å². The number of hydrogen-bond donors (Lipinski definition) is 1. The fraction of sp³-hybridized carbons (Fsp3) is 0.444. The minimum absolute atomic E-state index is 0.109. The van der Waals surface area contributed by atoms with Gasteiger partial charge in [0.05, 0.1) is 21.2 Å². The van der Waals surface area contributed by atoms with Crippen molar-refractivity contribution >= 4 is 60.5 Å². The van der Waals surface area contributed by atoms with Crippen LogP contribution in [0.15, 0.2) is 11.4 Å². The van der Waals surface area contributed by atoms with E-state index in [1.54, 1.807) is 23.6 Å². The van der Waals surface area contributed by atoms with Gasteiger partial charge >= 0.3 is 5.97 Å². The number of thiazole rings is 2. The highest BCUT2D eigenvalue weighted by Crippen LogP contribution is 2.34. The summed E-state index contributed by atoms with van der Waals surface area (Å²) in [4.78, 5) is 36.7. The second-order valence-electron chi connectivity index (χ2n) is 5.80. The predicted molar refractivity (Wildman–Crippen MR) is 115 cm³/mol. The molecule has 0 spiro atoms. The zero-order chi connectivity index (χ0) is 20.1. The smallest absolute Gasteiger partial charge is 0.357 e. The van der Waals surface area contributed by atoms with E-state index in [1.807, 2.05) is 6.07 Å². The summed E-state index contributed by atoms with van der Waals surface area (Å²) in [5.74, 6) is -0.522. The van der Waals surface area contributed by atoms with Gasteiger partial charge < -0.3 is 15.0 Å². The summed E-state index contributed by atoms with van der Waals surface area (Å²) in [5, 5.41) is 6.38. The first kappa shape index (κ1) is 20.7. The Hall–Kier alpha value is -2.04. The van der Waals surface area contributed by atoms with Crippen molar-refractivity contribution in [3.8, 4) is 0 Å². The van der Waals surface area contributed by atoms with E-state index in [-0.39, 0.29) is 5.91 Å². The molecule has 28 heavy (non-hydrogen) atoms. The summed E-state index contributed by atoms with van der Waals surface area (Å²) in [6.45, 7) is 8.59. The van der Waals surface area contributed by atoms with Crippen molar-refractivity contribution in [3.05, 3.63) is 27.0 Å². The van der Waals surface area contributed by atoms with Gasteiger partial charge in [-0.05, 0) is 26.8 Å². The second kappa shape index (κ2) is 9.44. The average Bonchev–Trinajstić information content (AvgIpc) is 3.37. The van der Waals surface area contributed by atoms with Crippen molar-refractivity contribution in [2.75, 3.05) is 31.1 Å². The van der Waals surface area contributed by atoms with E-state index in [0.717, 1.165) is 32.8 Å². The van der Waals surface area contributed by atoms with E-state index >= 15 is 0 Å². The number of nitrogens with zero attached hydrogens (tertiary/aromatic N) is 3. The normalized spacial score (nSPS) is 11.0. The molecule has 7 nitrogen and oxygen atoms in total. The third-order valence-electron chi connectivity index (χ3n) is 4.00. The Bertz CT molecular complexity index is 927. The molecular formula is C18H22N4O3S3. The van der Waals surface area contributed by atoms with Crippen LogP contribution in [0.25, 0.3) is 9.53 Å². The molecule has 1 N–H and O–H groups in total. The Morgan fingerprint density at radius 1 is 1.18 bits per heavy atom. The van der Waals surface area contributed by atoms with E-state index in [0.29, 0.717) is 30.1 Å². The number of nitrogens with one attached hydrogen (secondary N) is 1. The fourth-order valence-corrected chi connectivity index (χ4v) is 5.58. The summed E-state index contributed by atoms with van der Waals surface area (Å²) >= 11 is 4.42. The van der Waals surface area contributed by atoms with Gasteiger partial charge in [0.15, 0.2) is 10.8 Å². The number of aromatic nitrogens is 2. The van der Waals surface area contributed by atoms with Gasteiger partial charge in [-0.3, -0.25) is 4.79 Å². The molecule has 0 aliphatic rings. The van der Waals surface area contributed by atoms with Crippen LogP contribution in [0.5, 0.6) is 0 Å². The summed E-state index contributed by atoms with van der Waals surface area (Å²) in [7, 11) is 0. The standard InChI is InChI=1S/C18H22N4O3S3/c1-4-22(5-2)18-21-16-13(28-18)9-12(27-16)15(23)19-8-7-14-20-11(10-26-14)17(24)25-6-3/h9-10H,4-8H2,1-3H3,(H,19,23). The first-order valence-electron chi connectivity index (χ1n) is 9.10. The van der Waals surface area contributed by atoms with Gasteiger partial charge in [0.2, 0.25) is 0 Å². The highest BCUT2D eigenvalue weighted by atomic mass is 32.1. The third kappa shape index (κ3) is 4.68. The number of ether oxygens (including phenoxy) is 1. The zero-order valence-electron chi connectivity index (χ0n) is 16.0. The average molecular weight is 439 g/mol. The molecule has 3 rings (SSSR count). The Morgan fingerprint density at radius 2 is 1.96 bits per heavy atom. The molecule has 0 unspecified atom stereocenters. The van der Waals surface area contributed by atoms with Gasteiger partial charge in [-0.2, -0.15) is 0 Å². The maximum atomic E-state index is 12.4. The SMILES string of the molecule is CCOC(=O)c1csc(CCNC(=O)c2cc3sc(N(CC)CC)nc3s2)n1. The highest BCUT2D eigenvalue weighted by molar-refractivity contribution is 7.29. The summed E-state index contributed by atoms with van der Waals surface area (Å²) < 4.78 is 5.97. The largest absolute Gasteiger partial charge is 0.461 e. The third-order valence-corrected chi connectivity index (χ3v) is 7.13. The number of carbonyl (C=O) groups is 2. The maximum Gasteiger partial charge on any atom is 0.357 e. The van der Waals surface area contributed by atoms with Gasteiger partial charge in [-0.15, -0.1) is 22.7 Å². The Balaban J connectivity index is 1.55. The van der Waals surface area contributed by atoms with Crippen LogP contribution in [0, 0.1) is 0 Å². The number of esters is 1. The molecule has 0 saturated carbocycles. The van der Waals surface area contributed by atoms with Crippen LogP contribution < -0.4 is 10.2 Å². The second-order valence-corrected chi connectivity index (χ2v) is 8.78. The van der Waals surface area contributed by atoms with E-state index in [2.05, 4.69) is 34.0 Å². The number of anilines is 1.